The van der Waals surface area contributed by atoms with Crippen LogP contribution in [0.1, 0.15) is 19.8 Å². The second-order valence-corrected chi connectivity index (χ2v) is 6.03. The Morgan fingerprint density at radius 1 is 1.48 bits per heavy atom. The molecule has 21 heavy (non-hydrogen) atoms. The molecule has 1 aliphatic rings. The Bertz CT molecular complexity index is 438. The lowest BCUT2D eigenvalue weighted by molar-refractivity contribution is -0.144. The van der Waals surface area contributed by atoms with Crippen LogP contribution in [0.25, 0.3) is 0 Å². The first-order valence-electron chi connectivity index (χ1n) is 6.53. The first kappa shape index (κ1) is 17.5. The number of ether oxygens (including phenoxy) is 1. The number of carboxylic acid groups (broad SMARTS) is 1. The van der Waals surface area contributed by atoms with Crippen LogP contribution in [0.2, 0.25) is 0 Å². The highest BCUT2D eigenvalue weighted by atomic mass is 32.2. The van der Waals surface area contributed by atoms with Gasteiger partial charge in [0.1, 0.15) is 11.8 Å². The van der Waals surface area contributed by atoms with Gasteiger partial charge in [0, 0.05) is 30.8 Å². The maximum absolute atomic E-state index is 11.7. The molecule has 0 saturated heterocycles. The Kier molecular flexibility index (Phi) is 6.67. The number of carbonyl (C=O) groups excluding carboxylic acids is 3. The maximum atomic E-state index is 11.7. The van der Waals surface area contributed by atoms with Crippen LogP contribution in [0, 0.1) is 11.8 Å². The summed E-state index contributed by atoms with van der Waals surface area (Å²) in [6.07, 6.45) is 0.414. The average molecular weight is 317 g/mol. The fourth-order valence-corrected chi connectivity index (χ4v) is 3.40. The lowest BCUT2D eigenvalue weighted by atomic mass is 10.1. The molecule has 118 valence electrons. The molecule has 7 nitrogen and oxygen atoms in total. The van der Waals surface area contributed by atoms with Crippen molar-refractivity contribution < 1.29 is 29.0 Å². The summed E-state index contributed by atoms with van der Waals surface area (Å²) < 4.78 is 4.59. The predicted octanol–water partition coefficient (Wildman–Crippen LogP) is 0.0772. The number of nitrogens with one attached hydrogen (secondary N) is 1. The van der Waals surface area contributed by atoms with Gasteiger partial charge in [0.05, 0.1) is 13.0 Å². The summed E-state index contributed by atoms with van der Waals surface area (Å²) in [7, 11) is 1.24. The molecule has 3 atom stereocenters. The highest BCUT2D eigenvalue weighted by molar-refractivity contribution is 7.99. The number of methoxy groups -OCH3 is 1. The van der Waals surface area contributed by atoms with E-state index >= 15 is 0 Å². The average Bonchev–Trinajstić information content (AvgIpc) is 2.78. The number of aliphatic carboxylic acids is 1. The van der Waals surface area contributed by atoms with Crippen molar-refractivity contribution in [3.05, 3.63) is 0 Å². The minimum absolute atomic E-state index is 0.0518. The summed E-state index contributed by atoms with van der Waals surface area (Å²) in [6, 6.07) is -0.760. The lowest BCUT2D eigenvalue weighted by Crippen LogP contribution is -2.42. The third-order valence-corrected chi connectivity index (χ3v) is 4.50. The zero-order valence-electron chi connectivity index (χ0n) is 12.0. The first-order valence-corrected chi connectivity index (χ1v) is 7.68. The molecule has 0 aromatic rings. The SMILES string of the molecule is COC(=O)[C@@H](CSCC1CC(C(=O)O)CC1=O)NC(C)=O. The Morgan fingerprint density at radius 2 is 2.14 bits per heavy atom. The van der Waals surface area contributed by atoms with Crippen LogP contribution in [-0.4, -0.2) is 53.4 Å². The van der Waals surface area contributed by atoms with E-state index in [-0.39, 0.29) is 29.8 Å². The molecule has 1 amide bonds. The molecule has 2 N–H and O–H groups in total. The van der Waals surface area contributed by atoms with Gasteiger partial charge in [-0.05, 0) is 6.42 Å². The van der Waals surface area contributed by atoms with Crippen LogP contribution < -0.4 is 5.32 Å². The Hall–Kier alpha value is -1.57. The highest BCUT2D eigenvalue weighted by Gasteiger charge is 2.36. The fraction of sp³-hybridized carbons (Fsp3) is 0.692. The van der Waals surface area contributed by atoms with Crippen molar-refractivity contribution in [3.8, 4) is 0 Å². The van der Waals surface area contributed by atoms with Crippen molar-refractivity contribution in [1.82, 2.24) is 5.32 Å². The normalized spacial score (nSPS) is 22.7. The van der Waals surface area contributed by atoms with E-state index in [4.69, 9.17) is 5.11 Å². The molecular formula is C13H19NO6S. The van der Waals surface area contributed by atoms with Crippen molar-refractivity contribution in [2.75, 3.05) is 18.6 Å². The van der Waals surface area contributed by atoms with Gasteiger partial charge in [-0.25, -0.2) is 4.79 Å². The van der Waals surface area contributed by atoms with E-state index in [0.29, 0.717) is 12.2 Å². The first-order chi connectivity index (χ1) is 9.85. The molecule has 1 aliphatic carbocycles. The van der Waals surface area contributed by atoms with Crippen LogP contribution in [0.3, 0.4) is 0 Å². The van der Waals surface area contributed by atoms with Gasteiger partial charge in [0.25, 0.3) is 0 Å². The van der Waals surface area contributed by atoms with E-state index in [0.717, 1.165) is 0 Å². The molecule has 0 spiro atoms. The number of hydrogen-bond donors (Lipinski definition) is 2. The Labute approximate surface area is 126 Å². The van der Waals surface area contributed by atoms with E-state index < -0.39 is 23.9 Å². The molecule has 0 heterocycles. The summed E-state index contributed by atoms with van der Waals surface area (Å²) in [5.41, 5.74) is 0. The van der Waals surface area contributed by atoms with Crippen molar-refractivity contribution in [2.45, 2.75) is 25.8 Å². The third-order valence-electron chi connectivity index (χ3n) is 3.29. The standard InChI is InChI=1S/C13H19NO6S/c1-7(15)14-10(13(19)20-2)6-21-5-9-3-8(12(17)18)4-11(9)16/h8-10H,3-6H2,1-2H3,(H,14,15)(H,17,18)/t8?,9?,10-/m1/s1. The molecular weight excluding hydrogens is 298 g/mol. The zero-order chi connectivity index (χ0) is 16.0. The number of carboxylic acids is 1. The van der Waals surface area contributed by atoms with Gasteiger partial charge in [-0.15, -0.1) is 0 Å². The molecule has 1 saturated carbocycles. The summed E-state index contributed by atoms with van der Waals surface area (Å²) in [5.74, 6) is -2.05. The minimum Gasteiger partial charge on any atom is -0.481 e. The van der Waals surface area contributed by atoms with Crippen LogP contribution in [0.4, 0.5) is 0 Å². The van der Waals surface area contributed by atoms with Gasteiger partial charge in [-0.1, -0.05) is 0 Å². The summed E-state index contributed by atoms with van der Waals surface area (Å²) in [5, 5.41) is 11.4. The van der Waals surface area contributed by atoms with Crippen LogP contribution in [-0.2, 0) is 23.9 Å². The van der Waals surface area contributed by atoms with E-state index in [2.05, 4.69) is 10.1 Å². The molecule has 0 radical (unpaired) electrons. The smallest absolute Gasteiger partial charge is 0.329 e. The molecule has 1 fully saturated rings. The molecule has 0 aromatic heterocycles. The van der Waals surface area contributed by atoms with Crippen molar-refractivity contribution in [1.29, 1.82) is 0 Å². The maximum Gasteiger partial charge on any atom is 0.329 e. The number of hydrogen-bond acceptors (Lipinski definition) is 6. The second kappa shape index (κ2) is 8.02. The number of esters is 1. The van der Waals surface area contributed by atoms with Crippen molar-refractivity contribution >= 4 is 35.4 Å². The van der Waals surface area contributed by atoms with Gasteiger partial charge in [0.15, 0.2) is 0 Å². The number of amides is 1. The van der Waals surface area contributed by atoms with E-state index in [1.54, 1.807) is 0 Å². The molecule has 2 unspecified atom stereocenters. The molecule has 1 rings (SSSR count). The predicted molar refractivity (Wildman–Crippen MR) is 75.8 cm³/mol. The molecule has 8 heteroatoms. The van der Waals surface area contributed by atoms with Gasteiger partial charge in [-0.3, -0.25) is 14.4 Å². The number of ketones is 1. The highest BCUT2D eigenvalue weighted by Crippen LogP contribution is 2.30. The topological polar surface area (TPSA) is 110 Å². The van der Waals surface area contributed by atoms with Crippen LogP contribution in [0.5, 0.6) is 0 Å². The minimum atomic E-state index is -0.943. The largest absolute Gasteiger partial charge is 0.481 e. The summed E-state index contributed by atoms with van der Waals surface area (Å²) in [6.45, 7) is 1.30. The zero-order valence-corrected chi connectivity index (χ0v) is 12.8. The van der Waals surface area contributed by atoms with Gasteiger partial charge in [-0.2, -0.15) is 11.8 Å². The van der Waals surface area contributed by atoms with Crippen molar-refractivity contribution in [3.63, 3.8) is 0 Å². The lowest BCUT2D eigenvalue weighted by Gasteiger charge is -2.16. The number of rotatable bonds is 7. The summed E-state index contributed by atoms with van der Waals surface area (Å²) >= 11 is 1.33. The summed E-state index contributed by atoms with van der Waals surface area (Å²) in [4.78, 5) is 45.1. The Morgan fingerprint density at radius 3 is 2.62 bits per heavy atom. The van der Waals surface area contributed by atoms with Gasteiger partial charge < -0.3 is 15.2 Å². The number of Topliss-reactive ketones (excluding diaryl/α,β-unsaturated/α-hetero) is 1. The fourth-order valence-electron chi connectivity index (χ4n) is 2.20. The Balaban J connectivity index is 2.43. The van der Waals surface area contributed by atoms with Crippen LogP contribution in [0.15, 0.2) is 0 Å². The molecule has 0 bridgehead atoms. The van der Waals surface area contributed by atoms with Gasteiger partial charge >= 0.3 is 11.9 Å². The van der Waals surface area contributed by atoms with Crippen LogP contribution >= 0.6 is 11.8 Å². The van der Waals surface area contributed by atoms with Crippen molar-refractivity contribution in [2.24, 2.45) is 11.8 Å². The van der Waals surface area contributed by atoms with Gasteiger partial charge in [0.2, 0.25) is 5.91 Å². The van der Waals surface area contributed by atoms with E-state index in [1.165, 1.54) is 25.8 Å². The second-order valence-electron chi connectivity index (χ2n) is 4.95. The third kappa shape index (κ3) is 5.37. The number of carbonyl (C=O) groups is 4. The molecule has 0 aliphatic heterocycles. The quantitative estimate of drug-likeness (QED) is 0.640. The van der Waals surface area contributed by atoms with E-state index in [1.807, 2.05) is 0 Å². The van der Waals surface area contributed by atoms with E-state index in [9.17, 15) is 19.2 Å². The number of thioether (sulfide) groups is 1. The monoisotopic (exact) mass is 317 g/mol. The molecule has 0 aromatic carbocycles.